The zero-order valence-corrected chi connectivity index (χ0v) is 16.5. The Morgan fingerprint density at radius 3 is 2.61 bits per heavy atom. The molecule has 0 aliphatic heterocycles. The van der Waals surface area contributed by atoms with E-state index in [0.29, 0.717) is 27.9 Å². The molecule has 1 amide bonds. The molecule has 3 aromatic rings. The highest BCUT2D eigenvalue weighted by Gasteiger charge is 2.16. The number of carbonyl (C=O) groups excluding carboxylic acids is 1. The van der Waals surface area contributed by atoms with E-state index in [1.807, 2.05) is 11.0 Å². The number of nitrogens with two attached hydrogens (primary N) is 1. The standard InChI is InChI=1S/C21H22ClN5O/c1-14(2)12-27(18-10-24-13-25-11-18)20-9-17(6-7-19(20)22)26-21(28)15-4-3-5-16(23)8-15/h3-11,13-14H,12,23H2,1-2H3,(H,26,28). The summed E-state index contributed by atoms with van der Waals surface area (Å²) in [6.07, 6.45) is 4.97. The Morgan fingerprint density at radius 1 is 1.18 bits per heavy atom. The number of halogens is 1. The van der Waals surface area contributed by atoms with Crippen LogP contribution in [-0.4, -0.2) is 22.4 Å². The van der Waals surface area contributed by atoms with Crippen LogP contribution < -0.4 is 16.0 Å². The van der Waals surface area contributed by atoms with Crippen molar-refractivity contribution < 1.29 is 4.79 Å². The quantitative estimate of drug-likeness (QED) is 0.588. The molecule has 1 aromatic heterocycles. The normalized spacial score (nSPS) is 10.7. The van der Waals surface area contributed by atoms with Crippen LogP contribution >= 0.6 is 11.6 Å². The van der Waals surface area contributed by atoms with Gasteiger partial charge < -0.3 is 16.0 Å². The van der Waals surface area contributed by atoms with Crippen molar-refractivity contribution in [2.24, 2.45) is 5.92 Å². The summed E-state index contributed by atoms with van der Waals surface area (Å²) in [5, 5.41) is 3.48. The maximum absolute atomic E-state index is 12.5. The lowest BCUT2D eigenvalue weighted by Crippen LogP contribution is -2.23. The first-order valence-electron chi connectivity index (χ1n) is 8.93. The maximum Gasteiger partial charge on any atom is 0.255 e. The third-order valence-electron chi connectivity index (χ3n) is 4.05. The van der Waals surface area contributed by atoms with Crippen LogP contribution in [0.1, 0.15) is 24.2 Å². The molecule has 0 saturated heterocycles. The molecule has 3 N–H and O–H groups in total. The number of carbonyl (C=O) groups is 1. The molecule has 0 aliphatic rings. The van der Waals surface area contributed by atoms with Crippen molar-refractivity contribution in [3.63, 3.8) is 0 Å². The second-order valence-electron chi connectivity index (χ2n) is 6.85. The zero-order chi connectivity index (χ0) is 20.1. The maximum atomic E-state index is 12.5. The number of nitrogens with zero attached hydrogens (tertiary/aromatic N) is 3. The van der Waals surface area contributed by atoms with Crippen molar-refractivity contribution in [1.82, 2.24) is 9.97 Å². The monoisotopic (exact) mass is 395 g/mol. The number of amides is 1. The summed E-state index contributed by atoms with van der Waals surface area (Å²) in [4.78, 5) is 22.8. The van der Waals surface area contributed by atoms with Crippen LogP contribution in [0.2, 0.25) is 5.02 Å². The van der Waals surface area contributed by atoms with Crippen LogP contribution in [0.3, 0.4) is 0 Å². The van der Waals surface area contributed by atoms with E-state index in [0.717, 1.165) is 17.9 Å². The fourth-order valence-electron chi connectivity index (χ4n) is 2.82. The lowest BCUT2D eigenvalue weighted by molar-refractivity contribution is 0.102. The van der Waals surface area contributed by atoms with Gasteiger partial charge in [0, 0.05) is 23.5 Å². The lowest BCUT2D eigenvalue weighted by atomic mass is 10.1. The molecule has 0 radical (unpaired) electrons. The van der Waals surface area contributed by atoms with Crippen LogP contribution in [0.15, 0.2) is 61.2 Å². The lowest BCUT2D eigenvalue weighted by Gasteiger charge is -2.27. The fourth-order valence-corrected chi connectivity index (χ4v) is 3.04. The van der Waals surface area contributed by atoms with Gasteiger partial charge in [0.15, 0.2) is 0 Å². The summed E-state index contributed by atoms with van der Waals surface area (Å²) >= 11 is 6.49. The topological polar surface area (TPSA) is 84.1 Å². The molecule has 7 heteroatoms. The average molecular weight is 396 g/mol. The molecule has 0 spiro atoms. The highest BCUT2D eigenvalue weighted by Crippen LogP contribution is 2.34. The average Bonchev–Trinajstić information content (AvgIpc) is 2.68. The van der Waals surface area contributed by atoms with E-state index < -0.39 is 0 Å². The Labute approximate surface area is 169 Å². The largest absolute Gasteiger partial charge is 0.399 e. The fraction of sp³-hybridized carbons (Fsp3) is 0.190. The number of rotatable bonds is 6. The van der Waals surface area contributed by atoms with Crippen LogP contribution in [0.4, 0.5) is 22.7 Å². The SMILES string of the molecule is CC(C)CN(c1cncnc1)c1cc(NC(=O)c2cccc(N)c2)ccc1Cl. The predicted octanol–water partition coefficient (Wildman–Crippen LogP) is 4.76. The van der Waals surface area contributed by atoms with Gasteiger partial charge in [-0.2, -0.15) is 0 Å². The molecule has 3 rings (SSSR count). The molecular formula is C21H22ClN5O. The number of hydrogen-bond acceptors (Lipinski definition) is 5. The van der Waals surface area contributed by atoms with E-state index in [4.69, 9.17) is 17.3 Å². The molecule has 2 aromatic carbocycles. The first kappa shape index (κ1) is 19.6. The van der Waals surface area contributed by atoms with Gasteiger partial charge in [-0.15, -0.1) is 0 Å². The van der Waals surface area contributed by atoms with Crippen molar-refractivity contribution in [3.05, 3.63) is 71.8 Å². The third-order valence-corrected chi connectivity index (χ3v) is 4.37. The minimum absolute atomic E-state index is 0.237. The van der Waals surface area contributed by atoms with Gasteiger partial charge in [0.25, 0.3) is 5.91 Å². The first-order valence-corrected chi connectivity index (χ1v) is 9.31. The van der Waals surface area contributed by atoms with Gasteiger partial charge in [0.1, 0.15) is 6.33 Å². The molecule has 6 nitrogen and oxygen atoms in total. The van der Waals surface area contributed by atoms with Crippen LogP contribution in [0.5, 0.6) is 0 Å². The Morgan fingerprint density at radius 2 is 1.93 bits per heavy atom. The van der Waals surface area contributed by atoms with Gasteiger partial charge in [-0.3, -0.25) is 4.79 Å². The Hall–Kier alpha value is -3.12. The van der Waals surface area contributed by atoms with E-state index >= 15 is 0 Å². The first-order chi connectivity index (χ1) is 13.4. The second kappa shape index (κ2) is 8.71. The van der Waals surface area contributed by atoms with Crippen LogP contribution in [-0.2, 0) is 0 Å². The number of benzene rings is 2. The molecular weight excluding hydrogens is 374 g/mol. The molecule has 0 unspecified atom stereocenters. The van der Waals surface area contributed by atoms with E-state index in [9.17, 15) is 4.79 Å². The predicted molar refractivity (Wildman–Crippen MR) is 114 cm³/mol. The third kappa shape index (κ3) is 4.78. The number of nitrogen functional groups attached to an aromatic ring is 1. The van der Waals surface area contributed by atoms with Gasteiger partial charge in [0.05, 0.1) is 28.8 Å². The van der Waals surface area contributed by atoms with Gasteiger partial charge >= 0.3 is 0 Å². The Kier molecular flexibility index (Phi) is 6.11. The number of anilines is 4. The summed E-state index contributed by atoms with van der Waals surface area (Å²) in [5.74, 6) is 0.140. The number of nitrogens with one attached hydrogen (secondary N) is 1. The Balaban J connectivity index is 1.92. The van der Waals surface area contributed by atoms with Crippen molar-refractivity contribution in [3.8, 4) is 0 Å². The molecule has 0 saturated carbocycles. The van der Waals surface area contributed by atoms with Gasteiger partial charge in [-0.05, 0) is 42.3 Å². The van der Waals surface area contributed by atoms with E-state index in [1.165, 1.54) is 6.33 Å². The highest BCUT2D eigenvalue weighted by molar-refractivity contribution is 6.33. The van der Waals surface area contributed by atoms with Crippen molar-refractivity contribution >= 4 is 40.3 Å². The van der Waals surface area contributed by atoms with Crippen molar-refractivity contribution in [1.29, 1.82) is 0 Å². The minimum atomic E-state index is -0.237. The summed E-state index contributed by atoms with van der Waals surface area (Å²) in [6, 6.07) is 12.2. The van der Waals surface area contributed by atoms with Gasteiger partial charge in [0.2, 0.25) is 0 Å². The zero-order valence-electron chi connectivity index (χ0n) is 15.8. The summed E-state index contributed by atoms with van der Waals surface area (Å²) in [6.45, 7) is 4.96. The van der Waals surface area contributed by atoms with Gasteiger partial charge in [-0.1, -0.05) is 31.5 Å². The molecule has 0 aliphatic carbocycles. The summed E-state index contributed by atoms with van der Waals surface area (Å²) in [7, 11) is 0. The molecule has 144 valence electrons. The van der Waals surface area contributed by atoms with Crippen LogP contribution in [0, 0.1) is 5.92 Å². The van der Waals surface area contributed by atoms with Crippen molar-refractivity contribution in [2.45, 2.75) is 13.8 Å². The second-order valence-corrected chi connectivity index (χ2v) is 7.25. The molecule has 28 heavy (non-hydrogen) atoms. The number of aromatic nitrogens is 2. The van der Waals surface area contributed by atoms with Crippen molar-refractivity contribution in [2.75, 3.05) is 22.5 Å². The number of hydrogen-bond donors (Lipinski definition) is 2. The van der Waals surface area contributed by atoms with Gasteiger partial charge in [-0.25, -0.2) is 9.97 Å². The summed E-state index contributed by atoms with van der Waals surface area (Å²) in [5.41, 5.74) is 9.04. The van der Waals surface area contributed by atoms with E-state index in [2.05, 4.69) is 29.1 Å². The highest BCUT2D eigenvalue weighted by atomic mass is 35.5. The molecule has 0 atom stereocenters. The van der Waals surface area contributed by atoms with E-state index in [1.54, 1.807) is 48.8 Å². The Bertz CT molecular complexity index is 962. The summed E-state index contributed by atoms with van der Waals surface area (Å²) < 4.78 is 0. The molecule has 0 fully saturated rings. The minimum Gasteiger partial charge on any atom is -0.399 e. The smallest absolute Gasteiger partial charge is 0.255 e. The van der Waals surface area contributed by atoms with E-state index in [-0.39, 0.29) is 5.91 Å². The molecule has 0 bridgehead atoms. The molecule has 1 heterocycles. The van der Waals surface area contributed by atoms with Crippen LogP contribution in [0.25, 0.3) is 0 Å².